The Labute approximate surface area is 157 Å². The number of fused-ring (bicyclic) bond motifs is 2. The number of nitrogens with zero attached hydrogens (tertiary/aromatic N) is 3. The van der Waals surface area contributed by atoms with E-state index in [1.165, 1.54) is 15.8 Å². The second-order valence-electron chi connectivity index (χ2n) is 6.70. The molecule has 4 rings (SSSR count). The van der Waals surface area contributed by atoms with Crippen LogP contribution in [-0.2, 0) is 12.8 Å². The molecule has 0 fully saturated rings. The molecule has 26 heavy (non-hydrogen) atoms. The van der Waals surface area contributed by atoms with Gasteiger partial charge in [0.05, 0.1) is 21.3 Å². The van der Waals surface area contributed by atoms with Gasteiger partial charge < -0.3 is 5.32 Å². The average molecular weight is 366 g/mol. The second-order valence-corrected chi connectivity index (χ2v) is 7.59. The first-order valence-electron chi connectivity index (χ1n) is 8.93. The van der Waals surface area contributed by atoms with Crippen LogP contribution in [-0.4, -0.2) is 40.9 Å². The molecule has 0 bridgehead atoms. The molecule has 0 saturated carbocycles. The Balaban J connectivity index is 1.53. The van der Waals surface area contributed by atoms with Crippen molar-refractivity contribution in [2.45, 2.75) is 25.8 Å². The van der Waals surface area contributed by atoms with Crippen molar-refractivity contribution in [1.82, 2.24) is 20.2 Å². The minimum absolute atomic E-state index is 0.0775. The van der Waals surface area contributed by atoms with Crippen LogP contribution in [0.2, 0.25) is 0 Å². The molecule has 2 aromatic heterocycles. The minimum Gasteiger partial charge on any atom is -0.355 e. The number of thiazole rings is 1. The number of hydrogen-bond donors (Lipinski definition) is 1. The molecule has 3 heterocycles. The summed E-state index contributed by atoms with van der Waals surface area (Å²) in [7, 11) is 1.65. The number of nitrogens with one attached hydrogen (secondary N) is 1. The van der Waals surface area contributed by atoms with Crippen LogP contribution in [0.25, 0.3) is 10.2 Å². The predicted octanol–water partition coefficient (Wildman–Crippen LogP) is 3.21. The largest absolute Gasteiger partial charge is 0.355 e. The van der Waals surface area contributed by atoms with E-state index >= 15 is 0 Å². The van der Waals surface area contributed by atoms with Gasteiger partial charge in [0.25, 0.3) is 5.91 Å². The third-order valence-corrected chi connectivity index (χ3v) is 6.05. The highest BCUT2D eigenvalue weighted by molar-refractivity contribution is 7.16. The fourth-order valence-corrected chi connectivity index (χ4v) is 4.27. The smallest absolute Gasteiger partial charge is 0.252 e. The van der Waals surface area contributed by atoms with Crippen LogP contribution in [0, 0.1) is 0 Å². The summed E-state index contributed by atoms with van der Waals surface area (Å²) in [5, 5.41) is 2.67. The van der Waals surface area contributed by atoms with Crippen molar-refractivity contribution in [2.24, 2.45) is 0 Å². The van der Waals surface area contributed by atoms with E-state index < -0.39 is 0 Å². The molecule has 5 nitrogen and oxygen atoms in total. The number of hydrogen-bond acceptors (Lipinski definition) is 5. The maximum absolute atomic E-state index is 11.9. The minimum atomic E-state index is -0.0775. The number of benzene rings is 1. The molecule has 1 N–H and O–H groups in total. The van der Waals surface area contributed by atoms with Crippen molar-refractivity contribution in [2.75, 3.05) is 20.1 Å². The van der Waals surface area contributed by atoms with Crippen LogP contribution in [0.1, 0.15) is 40.1 Å². The Morgan fingerprint density at radius 1 is 1.23 bits per heavy atom. The molecule has 0 aliphatic carbocycles. The summed E-state index contributed by atoms with van der Waals surface area (Å²) in [6.45, 7) is 4.19. The number of pyridine rings is 1. The van der Waals surface area contributed by atoms with Crippen molar-refractivity contribution in [1.29, 1.82) is 0 Å². The Bertz CT molecular complexity index is 952. The molecule has 1 aliphatic heterocycles. The molecular formula is C20H22N4OS. The normalized spacial score (nSPS) is 16.1. The lowest BCUT2D eigenvalue weighted by atomic mass is 10.1. The van der Waals surface area contributed by atoms with Gasteiger partial charge in [-0.25, -0.2) is 4.98 Å². The van der Waals surface area contributed by atoms with E-state index in [1.807, 2.05) is 11.6 Å². The van der Waals surface area contributed by atoms with Crippen LogP contribution in [0.5, 0.6) is 0 Å². The van der Waals surface area contributed by atoms with Gasteiger partial charge in [-0.2, -0.15) is 0 Å². The lowest BCUT2D eigenvalue weighted by Gasteiger charge is -2.27. The SMILES string of the molecule is CNC(=O)c1cnc2c(c1)CCN(C(C)c1ccc3scnc3c1)CC2. The Kier molecular flexibility index (Phi) is 4.70. The first-order chi connectivity index (χ1) is 12.7. The third-order valence-electron chi connectivity index (χ3n) is 5.24. The maximum Gasteiger partial charge on any atom is 0.252 e. The zero-order chi connectivity index (χ0) is 18.1. The van der Waals surface area contributed by atoms with E-state index in [9.17, 15) is 4.79 Å². The van der Waals surface area contributed by atoms with Crippen molar-refractivity contribution < 1.29 is 4.79 Å². The second kappa shape index (κ2) is 7.13. The van der Waals surface area contributed by atoms with Crippen LogP contribution >= 0.6 is 11.3 Å². The zero-order valence-electron chi connectivity index (χ0n) is 15.0. The van der Waals surface area contributed by atoms with Crippen LogP contribution in [0.4, 0.5) is 0 Å². The number of rotatable bonds is 3. The summed E-state index contributed by atoms with van der Waals surface area (Å²) in [6.07, 6.45) is 3.51. The standard InChI is InChI=1S/C20H22N4OS/c1-13(14-3-4-19-18(10-14)23-12-26-19)24-7-5-15-9-16(20(25)21-2)11-22-17(15)6-8-24/h3-4,9-13H,5-8H2,1-2H3,(H,21,25). The Hall–Kier alpha value is -2.31. The van der Waals surface area contributed by atoms with E-state index in [4.69, 9.17) is 0 Å². The number of carbonyl (C=O) groups is 1. The molecule has 1 unspecified atom stereocenters. The molecule has 1 amide bonds. The summed E-state index contributed by atoms with van der Waals surface area (Å²) >= 11 is 1.68. The Morgan fingerprint density at radius 3 is 2.92 bits per heavy atom. The summed E-state index contributed by atoms with van der Waals surface area (Å²) in [5.41, 5.74) is 7.22. The number of aromatic nitrogens is 2. The molecular weight excluding hydrogens is 344 g/mol. The molecule has 6 heteroatoms. The van der Waals surface area contributed by atoms with Crippen molar-refractivity contribution in [3.63, 3.8) is 0 Å². The quantitative estimate of drug-likeness (QED) is 0.773. The van der Waals surface area contributed by atoms with Gasteiger partial charge in [-0.15, -0.1) is 11.3 Å². The van der Waals surface area contributed by atoms with Gasteiger partial charge >= 0.3 is 0 Å². The first-order valence-corrected chi connectivity index (χ1v) is 9.81. The lowest BCUT2D eigenvalue weighted by molar-refractivity contribution is 0.0962. The van der Waals surface area contributed by atoms with Gasteiger partial charge in [0.15, 0.2) is 0 Å². The predicted molar refractivity (Wildman–Crippen MR) is 105 cm³/mol. The highest BCUT2D eigenvalue weighted by Crippen LogP contribution is 2.27. The maximum atomic E-state index is 11.9. The number of amides is 1. The zero-order valence-corrected chi connectivity index (χ0v) is 15.8. The fourth-order valence-electron chi connectivity index (χ4n) is 3.61. The van der Waals surface area contributed by atoms with Gasteiger partial charge in [0, 0.05) is 44.5 Å². The van der Waals surface area contributed by atoms with E-state index in [1.54, 1.807) is 24.6 Å². The summed E-state index contributed by atoms with van der Waals surface area (Å²) in [6, 6.07) is 8.91. The van der Waals surface area contributed by atoms with Gasteiger partial charge in [-0.3, -0.25) is 14.7 Å². The Morgan fingerprint density at radius 2 is 2.08 bits per heavy atom. The van der Waals surface area contributed by atoms with Gasteiger partial charge in [-0.05, 0) is 42.7 Å². The molecule has 0 saturated heterocycles. The van der Waals surface area contributed by atoms with Crippen LogP contribution in [0.3, 0.4) is 0 Å². The van der Waals surface area contributed by atoms with Crippen molar-refractivity contribution >= 4 is 27.5 Å². The topological polar surface area (TPSA) is 58.1 Å². The fraction of sp³-hybridized carbons (Fsp3) is 0.350. The third kappa shape index (κ3) is 3.22. The van der Waals surface area contributed by atoms with E-state index in [-0.39, 0.29) is 5.91 Å². The lowest BCUT2D eigenvalue weighted by Crippen LogP contribution is -2.29. The monoisotopic (exact) mass is 366 g/mol. The van der Waals surface area contributed by atoms with E-state index in [0.29, 0.717) is 11.6 Å². The molecule has 1 aromatic carbocycles. The molecule has 134 valence electrons. The molecule has 0 radical (unpaired) electrons. The molecule has 1 aliphatic rings. The first kappa shape index (κ1) is 17.1. The van der Waals surface area contributed by atoms with E-state index in [0.717, 1.165) is 37.1 Å². The number of carbonyl (C=O) groups excluding carboxylic acids is 1. The summed E-state index contributed by atoms with van der Waals surface area (Å²) in [4.78, 5) is 23.4. The van der Waals surface area contributed by atoms with Gasteiger partial charge in [0.1, 0.15) is 0 Å². The highest BCUT2D eigenvalue weighted by Gasteiger charge is 2.21. The highest BCUT2D eigenvalue weighted by atomic mass is 32.1. The summed E-state index contributed by atoms with van der Waals surface area (Å²) in [5.74, 6) is -0.0775. The van der Waals surface area contributed by atoms with Crippen LogP contribution in [0.15, 0.2) is 36.0 Å². The van der Waals surface area contributed by atoms with Crippen LogP contribution < -0.4 is 5.32 Å². The van der Waals surface area contributed by atoms with E-state index in [2.05, 4.69) is 45.3 Å². The summed E-state index contributed by atoms with van der Waals surface area (Å²) < 4.78 is 1.23. The molecule has 0 spiro atoms. The molecule has 3 aromatic rings. The van der Waals surface area contributed by atoms with Gasteiger partial charge in [-0.1, -0.05) is 6.07 Å². The van der Waals surface area contributed by atoms with Gasteiger partial charge in [0.2, 0.25) is 0 Å². The van der Waals surface area contributed by atoms with Crippen molar-refractivity contribution in [3.8, 4) is 0 Å². The van der Waals surface area contributed by atoms with Crippen molar-refractivity contribution in [3.05, 3.63) is 58.4 Å². The average Bonchev–Trinajstić information content (AvgIpc) is 3.04. The molecule has 1 atom stereocenters.